The van der Waals surface area contributed by atoms with E-state index in [0.29, 0.717) is 22.5 Å². The van der Waals surface area contributed by atoms with Crippen molar-refractivity contribution in [3.63, 3.8) is 0 Å². The first-order valence-electron chi connectivity index (χ1n) is 24.9. The van der Waals surface area contributed by atoms with Gasteiger partial charge in [-0.15, -0.1) is 0 Å². The number of anilines is 6. The van der Waals surface area contributed by atoms with Crippen LogP contribution >= 0.6 is 0 Å². The Morgan fingerprint density at radius 2 is 0.405 bits per heavy atom. The van der Waals surface area contributed by atoms with Gasteiger partial charge < -0.3 is 19.6 Å². The number of benzene rings is 10. The van der Waals surface area contributed by atoms with Gasteiger partial charge in [0.25, 0.3) is 11.8 Å². The average Bonchev–Trinajstić information content (AvgIpc) is 3.88. The summed E-state index contributed by atoms with van der Waals surface area (Å²) >= 11 is 0. The molecule has 12 rings (SSSR count). The molecule has 0 saturated carbocycles. The molecule has 0 saturated heterocycles. The second-order valence-electron chi connectivity index (χ2n) is 18.6. The predicted molar refractivity (Wildman–Crippen MR) is 303 cm³/mol. The Bertz CT molecular complexity index is 3290. The van der Waals surface area contributed by atoms with E-state index in [1.54, 1.807) is 23.9 Å². The summed E-state index contributed by atoms with van der Waals surface area (Å²) in [5, 5.41) is 0. The molecule has 0 N–H and O–H groups in total. The van der Waals surface area contributed by atoms with Crippen LogP contribution in [0.15, 0.2) is 278 Å². The zero-order chi connectivity index (χ0) is 50.1. The summed E-state index contributed by atoms with van der Waals surface area (Å²) in [7, 11) is 3.52. The lowest BCUT2D eigenvalue weighted by atomic mass is 10.0. The maximum atomic E-state index is 14.5. The molecule has 0 fully saturated rings. The fourth-order valence-corrected chi connectivity index (χ4v) is 10.4. The zero-order valence-electron chi connectivity index (χ0n) is 41.0. The molecule has 10 aromatic rings. The largest absolute Gasteiger partial charge is 0.311 e. The van der Waals surface area contributed by atoms with Crippen molar-refractivity contribution < 1.29 is 9.59 Å². The second kappa shape index (κ2) is 19.4. The number of likely N-dealkylation sites (N-methyl/N-ethyl adjacent to an activating group) is 2. The van der Waals surface area contributed by atoms with Crippen LogP contribution in [0.5, 0.6) is 0 Å². The molecular weight excluding hydrogens is 905 g/mol. The molecule has 2 aliphatic heterocycles. The molecule has 0 unspecified atom stereocenters. The van der Waals surface area contributed by atoms with E-state index in [2.05, 4.69) is 228 Å². The van der Waals surface area contributed by atoms with Crippen molar-refractivity contribution in [2.45, 2.75) is 0 Å². The summed E-state index contributed by atoms with van der Waals surface area (Å²) < 4.78 is 0. The summed E-state index contributed by atoms with van der Waals surface area (Å²) in [6, 6.07) is 92.3. The lowest BCUT2D eigenvalue weighted by molar-refractivity contribution is -0.123. The summed E-state index contributed by atoms with van der Waals surface area (Å²) in [6.07, 6.45) is 0. The Labute approximate surface area is 432 Å². The van der Waals surface area contributed by atoms with Gasteiger partial charge in [-0.05, 0) is 128 Å². The molecule has 6 nitrogen and oxygen atoms in total. The summed E-state index contributed by atoms with van der Waals surface area (Å²) in [5.74, 6) is -0.429. The fraction of sp³-hybridized carbons (Fsp3) is 0.0294. The third-order valence-corrected chi connectivity index (χ3v) is 14.2. The number of carbonyl (C=O) groups excluding carboxylic acids is 2. The van der Waals surface area contributed by atoms with Gasteiger partial charge in [-0.2, -0.15) is 0 Å². The molecule has 10 aromatic carbocycles. The summed E-state index contributed by atoms with van der Waals surface area (Å²) in [5.41, 5.74) is 18.6. The first-order chi connectivity index (χ1) is 36.4. The van der Waals surface area contributed by atoms with E-state index in [-0.39, 0.29) is 11.8 Å². The van der Waals surface area contributed by atoms with Crippen molar-refractivity contribution in [3.05, 3.63) is 289 Å². The van der Waals surface area contributed by atoms with E-state index >= 15 is 0 Å². The maximum absolute atomic E-state index is 14.5. The monoisotopic (exact) mass is 954 g/mol. The minimum Gasteiger partial charge on any atom is -0.311 e. The molecular formula is C68H50N4O2. The Balaban J connectivity index is 0.883. The minimum absolute atomic E-state index is 0.215. The van der Waals surface area contributed by atoms with Crippen LogP contribution in [-0.4, -0.2) is 35.7 Å². The van der Waals surface area contributed by atoms with Gasteiger partial charge in [0.15, 0.2) is 0 Å². The van der Waals surface area contributed by atoms with Gasteiger partial charge in [-0.3, -0.25) is 9.59 Å². The van der Waals surface area contributed by atoms with Crippen LogP contribution in [0.2, 0.25) is 0 Å². The van der Waals surface area contributed by atoms with Crippen LogP contribution < -0.4 is 9.80 Å². The molecule has 0 aliphatic carbocycles. The Hall–Kier alpha value is -9.78. The van der Waals surface area contributed by atoms with E-state index in [1.807, 2.05) is 48.5 Å². The van der Waals surface area contributed by atoms with Crippen LogP contribution in [0, 0.1) is 0 Å². The lowest BCUT2D eigenvalue weighted by Crippen LogP contribution is -2.25. The molecule has 6 heteroatoms. The van der Waals surface area contributed by atoms with Crippen LogP contribution in [0.25, 0.3) is 55.9 Å². The van der Waals surface area contributed by atoms with E-state index in [4.69, 9.17) is 0 Å². The molecule has 2 heterocycles. The molecule has 0 radical (unpaired) electrons. The van der Waals surface area contributed by atoms with Gasteiger partial charge in [-0.25, -0.2) is 0 Å². The average molecular weight is 955 g/mol. The smallest absolute Gasteiger partial charge is 0.261 e. The van der Waals surface area contributed by atoms with Crippen LogP contribution in [-0.2, 0) is 9.59 Å². The van der Waals surface area contributed by atoms with Crippen LogP contribution in [0.4, 0.5) is 34.1 Å². The van der Waals surface area contributed by atoms with E-state index in [1.165, 1.54) is 0 Å². The SMILES string of the molecule is CN1C(=O)C2=C(c3ccc(N(c4ccc(-c5ccccc5)cc4)c4ccc(-c5ccccc5)cc4)cc3)N(C)C(=O)C2=C1c1ccc(N(c2ccc(-c3ccccc3)cc2)c2ccc(-c3ccccc3)cc2)cc1. The van der Waals surface area contributed by atoms with Crippen molar-refractivity contribution in [1.82, 2.24) is 9.80 Å². The highest BCUT2D eigenvalue weighted by molar-refractivity contribution is 6.30. The van der Waals surface area contributed by atoms with Crippen molar-refractivity contribution >= 4 is 57.3 Å². The summed E-state index contributed by atoms with van der Waals surface area (Å²) in [6.45, 7) is 0. The topological polar surface area (TPSA) is 47.1 Å². The van der Waals surface area contributed by atoms with Crippen molar-refractivity contribution in [2.75, 3.05) is 23.9 Å². The molecule has 2 amide bonds. The van der Waals surface area contributed by atoms with Crippen LogP contribution in [0.3, 0.4) is 0 Å². The highest BCUT2D eigenvalue weighted by Gasteiger charge is 2.46. The Morgan fingerprint density at radius 1 is 0.230 bits per heavy atom. The van der Waals surface area contributed by atoms with Crippen molar-refractivity contribution in [1.29, 1.82) is 0 Å². The maximum Gasteiger partial charge on any atom is 0.261 e. The third kappa shape index (κ3) is 8.44. The molecule has 0 atom stereocenters. The van der Waals surface area contributed by atoms with Gasteiger partial charge in [0.1, 0.15) is 0 Å². The normalized spacial score (nSPS) is 13.2. The third-order valence-electron chi connectivity index (χ3n) is 14.2. The van der Waals surface area contributed by atoms with Gasteiger partial charge >= 0.3 is 0 Å². The molecule has 2 aliphatic rings. The zero-order valence-corrected chi connectivity index (χ0v) is 41.0. The molecule has 354 valence electrons. The van der Waals surface area contributed by atoms with Gasteiger partial charge in [0, 0.05) is 48.2 Å². The standard InChI is InChI=1S/C68H50N4O2/c1-69-65(55-31-43-61(44-32-55)71(57-35-23-51(24-36-57)47-15-7-3-8-16-47)58-37-25-52(26-38-58)48-17-9-4-10-18-48)63-64(67(69)73)66(70(2)68(63)74)56-33-45-62(46-34-56)72(59-39-27-53(28-40-59)49-19-11-5-12-20-49)60-41-29-54(30-42-60)50-21-13-6-14-22-50/h3-46H,1-2H3. The summed E-state index contributed by atoms with van der Waals surface area (Å²) in [4.78, 5) is 36.7. The first kappa shape index (κ1) is 45.4. The van der Waals surface area contributed by atoms with Gasteiger partial charge in [0.2, 0.25) is 0 Å². The van der Waals surface area contributed by atoms with E-state index < -0.39 is 0 Å². The Kier molecular flexibility index (Phi) is 11.9. The molecule has 0 spiro atoms. The number of rotatable bonds is 12. The number of amides is 2. The molecule has 0 aromatic heterocycles. The predicted octanol–water partition coefficient (Wildman–Crippen LogP) is 16.4. The van der Waals surface area contributed by atoms with Gasteiger partial charge in [-0.1, -0.05) is 194 Å². The van der Waals surface area contributed by atoms with E-state index in [0.717, 1.165) is 89.8 Å². The number of fused-ring (bicyclic) bond motifs is 1. The number of hydrogen-bond donors (Lipinski definition) is 0. The highest BCUT2D eigenvalue weighted by Crippen LogP contribution is 2.47. The van der Waals surface area contributed by atoms with Gasteiger partial charge in [0.05, 0.1) is 22.5 Å². The van der Waals surface area contributed by atoms with E-state index in [9.17, 15) is 9.59 Å². The second-order valence-corrected chi connectivity index (χ2v) is 18.6. The fourth-order valence-electron chi connectivity index (χ4n) is 10.4. The highest BCUT2D eigenvalue weighted by atomic mass is 16.2. The molecule has 0 bridgehead atoms. The minimum atomic E-state index is -0.215. The Morgan fingerprint density at radius 3 is 0.608 bits per heavy atom. The number of hydrogen-bond acceptors (Lipinski definition) is 4. The number of nitrogens with zero attached hydrogens (tertiary/aromatic N) is 4. The first-order valence-corrected chi connectivity index (χ1v) is 24.9. The molecule has 74 heavy (non-hydrogen) atoms. The quantitative estimate of drug-likeness (QED) is 0.122. The van der Waals surface area contributed by atoms with Crippen LogP contribution in [0.1, 0.15) is 11.1 Å². The van der Waals surface area contributed by atoms with Crippen molar-refractivity contribution in [2.24, 2.45) is 0 Å². The van der Waals surface area contributed by atoms with Crippen molar-refractivity contribution in [3.8, 4) is 44.5 Å². The lowest BCUT2D eigenvalue weighted by Gasteiger charge is -2.27. The number of carbonyl (C=O) groups is 2.